The van der Waals surface area contributed by atoms with E-state index < -0.39 is 0 Å². The summed E-state index contributed by atoms with van der Waals surface area (Å²) in [6, 6.07) is 3.61. The van der Waals surface area contributed by atoms with Crippen LogP contribution in [0.15, 0.2) is 18.3 Å². The van der Waals surface area contributed by atoms with Crippen LogP contribution in [0.5, 0.6) is 0 Å². The molecule has 0 amide bonds. The fourth-order valence-electron chi connectivity index (χ4n) is 1.26. The van der Waals surface area contributed by atoms with Gasteiger partial charge >= 0.3 is 0 Å². The zero-order valence-corrected chi connectivity index (χ0v) is 8.10. The molecule has 0 aliphatic heterocycles. The van der Waals surface area contributed by atoms with Crippen molar-refractivity contribution >= 4 is 5.69 Å². The van der Waals surface area contributed by atoms with Crippen LogP contribution in [0.2, 0.25) is 0 Å². The minimum Gasteiger partial charge on any atom is -0.397 e. The minimum atomic E-state index is 0.642. The maximum Gasteiger partial charge on any atom is 0.155 e. The van der Waals surface area contributed by atoms with Gasteiger partial charge in [0.1, 0.15) is 11.6 Å². The fourth-order valence-corrected chi connectivity index (χ4v) is 1.26. The largest absolute Gasteiger partial charge is 0.397 e. The van der Waals surface area contributed by atoms with Crippen molar-refractivity contribution in [2.45, 2.75) is 13.8 Å². The van der Waals surface area contributed by atoms with Crippen molar-refractivity contribution < 1.29 is 0 Å². The van der Waals surface area contributed by atoms with Gasteiger partial charge in [-0.1, -0.05) is 0 Å². The Morgan fingerprint density at radius 2 is 2.07 bits per heavy atom. The van der Waals surface area contributed by atoms with Crippen molar-refractivity contribution in [3.63, 3.8) is 0 Å². The van der Waals surface area contributed by atoms with E-state index in [0.717, 1.165) is 17.5 Å². The number of nitrogen functional groups attached to an aromatic ring is 1. The van der Waals surface area contributed by atoms with E-state index in [1.165, 1.54) is 0 Å². The molecule has 5 heteroatoms. The second kappa shape index (κ2) is 3.10. The van der Waals surface area contributed by atoms with Gasteiger partial charge in [-0.25, -0.2) is 9.97 Å². The van der Waals surface area contributed by atoms with Crippen molar-refractivity contribution in [1.29, 1.82) is 0 Å². The first-order valence-electron chi connectivity index (χ1n) is 4.29. The van der Waals surface area contributed by atoms with Crippen LogP contribution in [0.1, 0.15) is 11.6 Å². The first kappa shape index (κ1) is 8.68. The van der Waals surface area contributed by atoms with Gasteiger partial charge in [0.15, 0.2) is 5.82 Å². The predicted molar refractivity (Wildman–Crippen MR) is 53.0 cm³/mol. The van der Waals surface area contributed by atoms with Crippen LogP contribution in [0.3, 0.4) is 0 Å². The molecule has 2 rings (SSSR count). The number of anilines is 1. The molecule has 0 aliphatic carbocycles. The lowest BCUT2D eigenvalue weighted by Crippen LogP contribution is -2.02. The Bertz CT molecular complexity index is 443. The summed E-state index contributed by atoms with van der Waals surface area (Å²) >= 11 is 0. The smallest absolute Gasteiger partial charge is 0.155 e. The van der Waals surface area contributed by atoms with Gasteiger partial charge in [0.05, 0.1) is 11.9 Å². The van der Waals surface area contributed by atoms with E-state index in [-0.39, 0.29) is 0 Å². The third kappa shape index (κ3) is 1.44. The molecule has 2 aromatic heterocycles. The minimum absolute atomic E-state index is 0.642. The summed E-state index contributed by atoms with van der Waals surface area (Å²) in [4.78, 5) is 8.35. The zero-order valence-electron chi connectivity index (χ0n) is 8.10. The summed E-state index contributed by atoms with van der Waals surface area (Å²) < 4.78 is 1.69. The predicted octanol–water partition coefficient (Wildman–Crippen LogP) is 0.861. The molecule has 0 bridgehead atoms. The molecular weight excluding hydrogens is 178 g/mol. The average Bonchev–Trinajstić information content (AvgIpc) is 2.47. The van der Waals surface area contributed by atoms with E-state index >= 15 is 0 Å². The van der Waals surface area contributed by atoms with Gasteiger partial charge in [-0.3, -0.25) is 0 Å². The summed E-state index contributed by atoms with van der Waals surface area (Å²) in [6.45, 7) is 3.73. The molecule has 14 heavy (non-hydrogen) atoms. The van der Waals surface area contributed by atoms with Gasteiger partial charge in [-0.15, -0.1) is 5.10 Å². The number of hydrogen-bond acceptors (Lipinski definition) is 4. The van der Waals surface area contributed by atoms with Gasteiger partial charge in [0.2, 0.25) is 0 Å². The normalized spacial score (nSPS) is 10.4. The van der Waals surface area contributed by atoms with Crippen LogP contribution in [0.25, 0.3) is 5.82 Å². The van der Waals surface area contributed by atoms with Gasteiger partial charge in [0, 0.05) is 0 Å². The Balaban J connectivity index is 2.49. The number of pyridine rings is 1. The Kier molecular flexibility index (Phi) is 1.92. The van der Waals surface area contributed by atoms with E-state index in [1.807, 2.05) is 19.9 Å². The Morgan fingerprint density at radius 3 is 2.57 bits per heavy atom. The lowest BCUT2D eigenvalue weighted by molar-refractivity contribution is 0.804. The summed E-state index contributed by atoms with van der Waals surface area (Å²) in [5.41, 5.74) is 6.18. The van der Waals surface area contributed by atoms with E-state index in [4.69, 9.17) is 5.73 Å². The lowest BCUT2D eigenvalue weighted by atomic mass is 10.4. The van der Waals surface area contributed by atoms with Gasteiger partial charge < -0.3 is 5.73 Å². The van der Waals surface area contributed by atoms with E-state index in [9.17, 15) is 0 Å². The fraction of sp³-hybridized carbons (Fsp3) is 0.222. The monoisotopic (exact) mass is 189 g/mol. The molecule has 5 nitrogen and oxygen atoms in total. The number of aryl methyl sites for hydroxylation is 2. The van der Waals surface area contributed by atoms with Crippen molar-refractivity contribution in [2.75, 3.05) is 5.73 Å². The molecule has 0 saturated heterocycles. The molecule has 0 aromatic carbocycles. The van der Waals surface area contributed by atoms with Gasteiger partial charge in [-0.2, -0.15) is 4.68 Å². The summed E-state index contributed by atoms with van der Waals surface area (Å²) in [5.74, 6) is 2.29. The van der Waals surface area contributed by atoms with Gasteiger partial charge in [-0.05, 0) is 26.0 Å². The van der Waals surface area contributed by atoms with Crippen LogP contribution in [0.4, 0.5) is 5.69 Å². The first-order valence-corrected chi connectivity index (χ1v) is 4.29. The molecule has 0 aliphatic rings. The highest BCUT2D eigenvalue weighted by molar-refractivity contribution is 5.38. The Hall–Kier alpha value is -1.91. The van der Waals surface area contributed by atoms with Crippen LogP contribution < -0.4 is 5.73 Å². The number of hydrogen-bond donors (Lipinski definition) is 1. The number of nitrogens with zero attached hydrogens (tertiary/aromatic N) is 4. The standard InChI is InChI=1S/C9H11N5/c1-6-12-7(2)14(13-6)9-4-3-8(10)5-11-9/h3-5H,10H2,1-2H3. The maximum atomic E-state index is 5.54. The Labute approximate surface area is 81.6 Å². The zero-order chi connectivity index (χ0) is 10.1. The number of nitrogens with two attached hydrogens (primary N) is 1. The van der Waals surface area contributed by atoms with Crippen LogP contribution in [0, 0.1) is 13.8 Å². The maximum absolute atomic E-state index is 5.54. The summed E-state index contributed by atoms with van der Waals surface area (Å²) in [7, 11) is 0. The third-order valence-electron chi connectivity index (χ3n) is 1.86. The average molecular weight is 189 g/mol. The van der Waals surface area contributed by atoms with E-state index in [0.29, 0.717) is 5.69 Å². The SMILES string of the molecule is Cc1nc(C)n(-c2ccc(N)cn2)n1. The molecule has 0 radical (unpaired) electrons. The molecule has 0 unspecified atom stereocenters. The first-order chi connectivity index (χ1) is 6.66. The third-order valence-corrected chi connectivity index (χ3v) is 1.86. The van der Waals surface area contributed by atoms with Crippen molar-refractivity contribution in [3.05, 3.63) is 30.0 Å². The highest BCUT2D eigenvalue weighted by atomic mass is 15.4. The summed E-state index contributed by atoms with van der Waals surface area (Å²) in [5, 5.41) is 4.21. The highest BCUT2D eigenvalue weighted by Gasteiger charge is 2.04. The second-order valence-corrected chi connectivity index (χ2v) is 3.07. The van der Waals surface area contributed by atoms with E-state index in [1.54, 1.807) is 16.9 Å². The van der Waals surface area contributed by atoms with Crippen LogP contribution in [-0.2, 0) is 0 Å². The topological polar surface area (TPSA) is 69.6 Å². The molecule has 0 spiro atoms. The molecule has 0 saturated carbocycles. The molecular formula is C9H11N5. The van der Waals surface area contributed by atoms with E-state index in [2.05, 4.69) is 15.1 Å². The Morgan fingerprint density at radius 1 is 1.29 bits per heavy atom. The lowest BCUT2D eigenvalue weighted by Gasteiger charge is -2.01. The van der Waals surface area contributed by atoms with Crippen LogP contribution in [-0.4, -0.2) is 19.7 Å². The molecule has 2 aromatic rings. The quantitative estimate of drug-likeness (QED) is 0.722. The molecule has 72 valence electrons. The van der Waals surface area contributed by atoms with Gasteiger partial charge in [0.25, 0.3) is 0 Å². The summed E-state index contributed by atoms with van der Waals surface area (Å²) in [6.07, 6.45) is 1.60. The van der Waals surface area contributed by atoms with Crippen molar-refractivity contribution in [3.8, 4) is 5.82 Å². The highest BCUT2D eigenvalue weighted by Crippen LogP contribution is 2.07. The van der Waals surface area contributed by atoms with Crippen LogP contribution >= 0.6 is 0 Å². The van der Waals surface area contributed by atoms with Crippen molar-refractivity contribution in [2.24, 2.45) is 0 Å². The number of aromatic nitrogens is 4. The van der Waals surface area contributed by atoms with Crippen molar-refractivity contribution in [1.82, 2.24) is 19.7 Å². The molecule has 0 atom stereocenters. The molecule has 0 fully saturated rings. The molecule has 2 heterocycles. The number of rotatable bonds is 1. The second-order valence-electron chi connectivity index (χ2n) is 3.07. The molecule has 2 N–H and O–H groups in total.